The summed E-state index contributed by atoms with van der Waals surface area (Å²) in [7, 11) is 0. The molecule has 0 bridgehead atoms. The van der Waals surface area contributed by atoms with Crippen LogP contribution in [0.4, 0.5) is 0 Å². The van der Waals surface area contributed by atoms with Crippen LogP contribution in [0.3, 0.4) is 0 Å². The number of terminal acetylenes is 1. The molecule has 0 amide bonds. The van der Waals surface area contributed by atoms with Gasteiger partial charge in [0, 0.05) is 12.0 Å². The zero-order valence-electron chi connectivity index (χ0n) is 9.88. The molecular formula is C12H23NO. The van der Waals surface area contributed by atoms with E-state index < -0.39 is 6.10 Å². The summed E-state index contributed by atoms with van der Waals surface area (Å²) in [5, 5.41) is 10.0. The second-order valence-electron chi connectivity index (χ2n) is 3.81. The average molecular weight is 197 g/mol. The SMILES string of the molecule is C#CCC(O)C(C)(CC)N(CC)CC. The summed E-state index contributed by atoms with van der Waals surface area (Å²) in [6, 6.07) is 0. The Morgan fingerprint density at radius 3 is 2.14 bits per heavy atom. The van der Waals surface area contributed by atoms with Crippen molar-refractivity contribution in [1.82, 2.24) is 4.90 Å². The Bertz CT molecular complexity index is 193. The summed E-state index contributed by atoms with van der Waals surface area (Å²) in [4.78, 5) is 2.27. The van der Waals surface area contributed by atoms with Crippen LogP contribution in [0.5, 0.6) is 0 Å². The van der Waals surface area contributed by atoms with E-state index in [9.17, 15) is 5.11 Å². The summed E-state index contributed by atoms with van der Waals surface area (Å²) in [5.41, 5.74) is -0.185. The maximum absolute atomic E-state index is 10.0. The average Bonchev–Trinajstić information content (AvgIpc) is 2.19. The molecule has 2 unspecified atom stereocenters. The normalized spacial score (nSPS) is 17.5. The van der Waals surface area contributed by atoms with Crippen LogP contribution >= 0.6 is 0 Å². The Morgan fingerprint density at radius 1 is 1.36 bits per heavy atom. The monoisotopic (exact) mass is 197 g/mol. The number of aliphatic hydroxyl groups excluding tert-OH is 1. The third-order valence-corrected chi connectivity index (χ3v) is 3.23. The molecule has 2 heteroatoms. The van der Waals surface area contributed by atoms with Crippen LogP contribution in [0, 0.1) is 12.3 Å². The fourth-order valence-corrected chi connectivity index (χ4v) is 1.95. The lowest BCUT2D eigenvalue weighted by Crippen LogP contribution is -2.54. The highest BCUT2D eigenvalue weighted by Gasteiger charge is 2.35. The highest BCUT2D eigenvalue weighted by Crippen LogP contribution is 2.25. The number of likely N-dealkylation sites (N-methyl/N-ethyl adjacent to an activating group) is 1. The molecule has 0 aliphatic rings. The first kappa shape index (κ1) is 13.5. The van der Waals surface area contributed by atoms with Gasteiger partial charge in [0.25, 0.3) is 0 Å². The zero-order valence-corrected chi connectivity index (χ0v) is 9.88. The molecule has 0 heterocycles. The minimum Gasteiger partial charge on any atom is -0.390 e. The van der Waals surface area contributed by atoms with Gasteiger partial charge in [-0.1, -0.05) is 20.8 Å². The molecule has 0 rings (SSSR count). The molecule has 0 saturated carbocycles. The quantitative estimate of drug-likeness (QED) is 0.657. The Hall–Kier alpha value is -0.520. The van der Waals surface area contributed by atoms with E-state index in [1.165, 1.54) is 0 Å². The van der Waals surface area contributed by atoms with Gasteiger partial charge >= 0.3 is 0 Å². The summed E-state index contributed by atoms with van der Waals surface area (Å²) >= 11 is 0. The van der Waals surface area contributed by atoms with Gasteiger partial charge in [-0.2, -0.15) is 0 Å². The van der Waals surface area contributed by atoms with Crippen LogP contribution in [0.1, 0.15) is 40.5 Å². The van der Waals surface area contributed by atoms with Crippen molar-refractivity contribution in [2.24, 2.45) is 0 Å². The Morgan fingerprint density at radius 2 is 1.86 bits per heavy atom. The third kappa shape index (κ3) is 2.73. The molecule has 0 aliphatic heterocycles. The Labute approximate surface area is 88.3 Å². The molecule has 0 aromatic rings. The topological polar surface area (TPSA) is 23.5 Å². The van der Waals surface area contributed by atoms with Crippen LogP contribution in [-0.2, 0) is 0 Å². The van der Waals surface area contributed by atoms with Crippen molar-refractivity contribution in [3.63, 3.8) is 0 Å². The van der Waals surface area contributed by atoms with Crippen molar-refractivity contribution >= 4 is 0 Å². The van der Waals surface area contributed by atoms with E-state index in [0.717, 1.165) is 19.5 Å². The second kappa shape index (κ2) is 6.06. The summed E-state index contributed by atoms with van der Waals surface area (Å²) in [6.07, 6.45) is 6.15. The lowest BCUT2D eigenvalue weighted by Gasteiger charge is -2.42. The highest BCUT2D eigenvalue weighted by atomic mass is 16.3. The van der Waals surface area contributed by atoms with E-state index in [-0.39, 0.29) is 5.54 Å². The Balaban J connectivity index is 4.67. The molecule has 1 N–H and O–H groups in total. The molecule has 2 nitrogen and oxygen atoms in total. The lowest BCUT2D eigenvalue weighted by molar-refractivity contribution is -0.0165. The first-order chi connectivity index (χ1) is 6.56. The smallest absolute Gasteiger partial charge is 0.0829 e. The summed E-state index contributed by atoms with van der Waals surface area (Å²) in [5.74, 6) is 2.53. The minimum atomic E-state index is -0.433. The van der Waals surface area contributed by atoms with Crippen molar-refractivity contribution < 1.29 is 5.11 Å². The number of rotatable bonds is 6. The third-order valence-electron chi connectivity index (χ3n) is 3.23. The molecule has 82 valence electrons. The van der Waals surface area contributed by atoms with Crippen LogP contribution in [0.25, 0.3) is 0 Å². The molecule has 0 aromatic carbocycles. The molecule has 0 aliphatic carbocycles. The van der Waals surface area contributed by atoms with Crippen LogP contribution in [-0.4, -0.2) is 34.7 Å². The van der Waals surface area contributed by atoms with Crippen molar-refractivity contribution in [3.05, 3.63) is 0 Å². The Kier molecular flexibility index (Phi) is 5.83. The molecular weight excluding hydrogens is 174 g/mol. The number of nitrogens with zero attached hydrogens (tertiary/aromatic N) is 1. The van der Waals surface area contributed by atoms with Gasteiger partial charge in [0.05, 0.1) is 6.10 Å². The molecule has 0 fully saturated rings. The van der Waals surface area contributed by atoms with Gasteiger partial charge in [0.15, 0.2) is 0 Å². The van der Waals surface area contributed by atoms with Gasteiger partial charge in [0.2, 0.25) is 0 Å². The van der Waals surface area contributed by atoms with E-state index in [4.69, 9.17) is 6.42 Å². The first-order valence-electron chi connectivity index (χ1n) is 5.43. The van der Waals surface area contributed by atoms with Gasteiger partial charge in [-0.05, 0) is 26.4 Å². The fourth-order valence-electron chi connectivity index (χ4n) is 1.95. The fraction of sp³-hybridized carbons (Fsp3) is 0.833. The minimum absolute atomic E-state index is 0.185. The van der Waals surface area contributed by atoms with Gasteiger partial charge < -0.3 is 5.11 Å². The van der Waals surface area contributed by atoms with Crippen molar-refractivity contribution in [2.75, 3.05) is 13.1 Å². The van der Waals surface area contributed by atoms with Gasteiger partial charge in [-0.3, -0.25) is 4.90 Å². The van der Waals surface area contributed by atoms with Gasteiger partial charge in [-0.15, -0.1) is 12.3 Å². The maximum Gasteiger partial charge on any atom is 0.0829 e. The molecule has 2 atom stereocenters. The predicted molar refractivity (Wildman–Crippen MR) is 61.1 cm³/mol. The highest BCUT2D eigenvalue weighted by molar-refractivity contribution is 4.98. The van der Waals surface area contributed by atoms with Crippen molar-refractivity contribution in [2.45, 2.75) is 52.2 Å². The van der Waals surface area contributed by atoms with E-state index in [1.807, 2.05) is 0 Å². The largest absolute Gasteiger partial charge is 0.390 e. The second-order valence-corrected chi connectivity index (χ2v) is 3.81. The van der Waals surface area contributed by atoms with Gasteiger partial charge in [-0.25, -0.2) is 0 Å². The van der Waals surface area contributed by atoms with Crippen molar-refractivity contribution in [1.29, 1.82) is 0 Å². The molecule has 0 radical (unpaired) electrons. The standard InChI is InChI=1S/C12H23NO/c1-6-10-11(14)12(5,7-2)13(8-3)9-4/h1,11,14H,7-10H2,2-5H3. The van der Waals surface area contributed by atoms with Crippen molar-refractivity contribution in [3.8, 4) is 12.3 Å². The molecule has 0 aromatic heterocycles. The predicted octanol–water partition coefficient (Wildman–Crippen LogP) is 1.88. The van der Waals surface area contributed by atoms with Crippen LogP contribution in [0.15, 0.2) is 0 Å². The van der Waals surface area contributed by atoms with Crippen LogP contribution < -0.4 is 0 Å². The van der Waals surface area contributed by atoms with E-state index in [0.29, 0.717) is 6.42 Å². The van der Waals surface area contributed by atoms with E-state index in [1.54, 1.807) is 0 Å². The number of hydrogen-bond acceptors (Lipinski definition) is 2. The summed E-state index contributed by atoms with van der Waals surface area (Å²) < 4.78 is 0. The zero-order chi connectivity index (χ0) is 11.2. The van der Waals surface area contributed by atoms with E-state index in [2.05, 4.69) is 38.5 Å². The molecule has 0 saturated heterocycles. The maximum atomic E-state index is 10.0. The van der Waals surface area contributed by atoms with Crippen LogP contribution in [0.2, 0.25) is 0 Å². The van der Waals surface area contributed by atoms with Gasteiger partial charge in [0.1, 0.15) is 0 Å². The molecule has 14 heavy (non-hydrogen) atoms. The number of aliphatic hydroxyl groups is 1. The number of hydrogen-bond donors (Lipinski definition) is 1. The first-order valence-corrected chi connectivity index (χ1v) is 5.43. The lowest BCUT2D eigenvalue weighted by atomic mass is 9.87. The summed E-state index contributed by atoms with van der Waals surface area (Å²) in [6.45, 7) is 10.3. The van der Waals surface area contributed by atoms with E-state index >= 15 is 0 Å². The molecule has 0 spiro atoms.